The Balaban J connectivity index is 0.000000150. The van der Waals surface area contributed by atoms with Crippen molar-refractivity contribution in [2.75, 3.05) is 48.5 Å². The van der Waals surface area contributed by atoms with Crippen molar-refractivity contribution in [2.24, 2.45) is 11.8 Å². The fourth-order valence-corrected chi connectivity index (χ4v) is 10.7. The lowest BCUT2D eigenvalue weighted by Gasteiger charge is -2.58. The Bertz CT molecular complexity index is 1590. The van der Waals surface area contributed by atoms with Crippen molar-refractivity contribution in [3.63, 3.8) is 0 Å². The van der Waals surface area contributed by atoms with E-state index in [-0.39, 0.29) is 45.9 Å². The van der Waals surface area contributed by atoms with Gasteiger partial charge in [0, 0.05) is 54.0 Å². The predicted octanol–water partition coefficient (Wildman–Crippen LogP) is 3.13. The second kappa shape index (κ2) is 11.8. The highest BCUT2D eigenvalue weighted by molar-refractivity contribution is 5.87. The molecule has 6 aliphatic rings. The number of carbonyl (C=O) groups excluding carboxylic acids is 2. The Morgan fingerprint density at radius 1 is 0.723 bits per heavy atom. The summed E-state index contributed by atoms with van der Waals surface area (Å²) in [5, 5.41) is 31.8. The summed E-state index contributed by atoms with van der Waals surface area (Å²) in [6.07, 6.45) is 4.28. The first-order valence-corrected chi connectivity index (χ1v) is 16.9. The molecule has 8 atom stereocenters. The zero-order chi connectivity index (χ0) is 33.4. The molecule has 0 amide bonds. The van der Waals surface area contributed by atoms with Crippen LogP contribution in [-0.2, 0) is 38.0 Å². The van der Waals surface area contributed by atoms with Gasteiger partial charge in [0.2, 0.25) is 0 Å². The molecule has 10 heteroatoms. The summed E-state index contributed by atoms with van der Waals surface area (Å²) < 4.78 is 16.1. The number of phenols is 2. The lowest BCUT2D eigenvalue weighted by molar-refractivity contribution is -0.141. The lowest BCUT2D eigenvalue weighted by atomic mass is 9.51. The molecule has 4 unspecified atom stereocenters. The number of fused-ring (bicyclic) bond motifs is 2. The number of aromatic hydroxyl groups is 2. The van der Waals surface area contributed by atoms with Gasteiger partial charge in [0.05, 0.1) is 14.2 Å². The monoisotopic (exact) mass is 648 g/mol. The van der Waals surface area contributed by atoms with Crippen molar-refractivity contribution in [3.8, 4) is 23.0 Å². The summed E-state index contributed by atoms with van der Waals surface area (Å²) >= 11 is 0. The molecule has 0 spiro atoms. The number of piperidine rings is 2. The van der Waals surface area contributed by atoms with E-state index >= 15 is 0 Å². The topological polar surface area (TPSA) is 129 Å². The Kier molecular flexibility index (Phi) is 8.10. The molecular formula is C37H48N2O8. The van der Waals surface area contributed by atoms with E-state index in [1.807, 2.05) is 12.1 Å². The predicted molar refractivity (Wildman–Crippen MR) is 174 cm³/mol. The van der Waals surface area contributed by atoms with E-state index in [0.717, 1.165) is 67.4 Å². The minimum Gasteiger partial charge on any atom is -0.504 e. The SMILES string of the molecule is COc1ccc2c(c1O)[C@@]13CCN(C)C(C2)[C@H]1CC(O)C(=O)C3.COc1ccc2c(c1O)[C@@]13CCN(C)C(C2)[C@H]1CC(OC)C(=O)C3. The quantitative estimate of drug-likeness (QED) is 0.457. The fourth-order valence-electron chi connectivity index (χ4n) is 10.7. The van der Waals surface area contributed by atoms with Gasteiger partial charge in [0.15, 0.2) is 34.6 Å². The van der Waals surface area contributed by atoms with Crippen LogP contribution in [0.1, 0.15) is 60.8 Å². The van der Waals surface area contributed by atoms with Crippen LogP contribution in [0, 0.1) is 11.8 Å². The van der Waals surface area contributed by atoms with Crippen molar-refractivity contribution in [2.45, 2.75) is 86.5 Å². The molecular weight excluding hydrogens is 600 g/mol. The van der Waals surface area contributed by atoms with Crippen molar-refractivity contribution >= 4 is 11.6 Å². The molecule has 47 heavy (non-hydrogen) atoms. The smallest absolute Gasteiger partial charge is 0.162 e. The molecule has 0 aromatic heterocycles. The summed E-state index contributed by atoms with van der Waals surface area (Å²) in [4.78, 5) is 29.8. The Hall–Kier alpha value is -3.18. The number of methoxy groups -OCH3 is 3. The Morgan fingerprint density at radius 2 is 1.19 bits per heavy atom. The molecule has 4 aliphatic carbocycles. The zero-order valence-electron chi connectivity index (χ0n) is 28.1. The average Bonchev–Trinajstić information content (AvgIpc) is 3.05. The number of rotatable bonds is 3. The maximum absolute atomic E-state index is 12.7. The highest BCUT2D eigenvalue weighted by atomic mass is 16.5. The number of ketones is 2. The maximum atomic E-state index is 12.7. The van der Waals surface area contributed by atoms with E-state index in [4.69, 9.17) is 14.2 Å². The molecule has 2 heterocycles. The number of carbonyl (C=O) groups is 2. The van der Waals surface area contributed by atoms with Gasteiger partial charge in [-0.25, -0.2) is 0 Å². The summed E-state index contributed by atoms with van der Waals surface area (Å²) in [5.41, 5.74) is 3.48. The Morgan fingerprint density at radius 3 is 1.66 bits per heavy atom. The number of aliphatic hydroxyl groups is 1. The van der Waals surface area contributed by atoms with Crippen LogP contribution in [0.3, 0.4) is 0 Å². The van der Waals surface area contributed by atoms with Gasteiger partial charge in [-0.05, 0) is 101 Å². The van der Waals surface area contributed by atoms with Gasteiger partial charge >= 0.3 is 0 Å². The summed E-state index contributed by atoms with van der Waals surface area (Å²) in [6, 6.07) is 8.43. The normalized spacial score (nSPS) is 35.8. The number of Topliss-reactive ketones (excluding diaryl/α,β-unsaturated/α-hetero) is 2. The van der Waals surface area contributed by atoms with Crippen LogP contribution < -0.4 is 9.47 Å². The van der Waals surface area contributed by atoms with Gasteiger partial charge in [0.1, 0.15) is 12.2 Å². The number of likely N-dealkylation sites (N-methyl/N-ethyl adjacent to an activating group) is 2. The fraction of sp³-hybridized carbons (Fsp3) is 0.622. The van der Waals surface area contributed by atoms with E-state index in [0.29, 0.717) is 48.8 Å². The first-order chi connectivity index (χ1) is 22.5. The third kappa shape index (κ3) is 4.73. The summed E-state index contributed by atoms with van der Waals surface area (Å²) in [5.74, 6) is 1.96. The lowest BCUT2D eigenvalue weighted by Crippen LogP contribution is -2.63. The Labute approximate surface area is 276 Å². The molecule has 3 N–H and O–H groups in total. The summed E-state index contributed by atoms with van der Waals surface area (Å²) in [6.45, 7) is 1.85. The number of aliphatic hydroxyl groups excluding tert-OH is 1. The number of hydrogen-bond donors (Lipinski definition) is 3. The van der Waals surface area contributed by atoms with Crippen LogP contribution in [0.4, 0.5) is 0 Å². The van der Waals surface area contributed by atoms with Crippen LogP contribution in [0.2, 0.25) is 0 Å². The number of nitrogens with zero attached hydrogens (tertiary/aromatic N) is 2. The van der Waals surface area contributed by atoms with Crippen LogP contribution in [-0.4, -0.2) is 109 Å². The van der Waals surface area contributed by atoms with E-state index in [9.17, 15) is 24.9 Å². The van der Waals surface area contributed by atoms with Gasteiger partial charge in [-0.3, -0.25) is 9.59 Å². The zero-order valence-corrected chi connectivity index (χ0v) is 28.1. The van der Waals surface area contributed by atoms with Gasteiger partial charge in [-0.1, -0.05) is 12.1 Å². The second-order valence-electron chi connectivity index (χ2n) is 14.8. The van der Waals surface area contributed by atoms with E-state index in [1.54, 1.807) is 27.4 Å². The number of likely N-dealkylation sites (tertiary alicyclic amines) is 2. The minimum absolute atomic E-state index is 0.0976. The van der Waals surface area contributed by atoms with Crippen LogP contribution in [0.15, 0.2) is 24.3 Å². The highest BCUT2D eigenvalue weighted by Gasteiger charge is 2.59. The van der Waals surface area contributed by atoms with Crippen molar-refractivity contribution < 1.29 is 39.1 Å². The number of phenolic OH excluding ortho intramolecular Hbond substituents is 2. The molecule has 4 fully saturated rings. The molecule has 8 rings (SSSR count). The van der Waals surface area contributed by atoms with Crippen molar-refractivity contribution in [1.29, 1.82) is 0 Å². The second-order valence-corrected chi connectivity index (χ2v) is 14.8. The average molecular weight is 649 g/mol. The van der Waals surface area contributed by atoms with Crippen LogP contribution in [0.5, 0.6) is 23.0 Å². The molecule has 4 bridgehead atoms. The maximum Gasteiger partial charge on any atom is 0.162 e. The van der Waals surface area contributed by atoms with Gasteiger partial charge in [-0.2, -0.15) is 0 Å². The molecule has 10 nitrogen and oxygen atoms in total. The van der Waals surface area contributed by atoms with E-state index in [2.05, 4.69) is 30.0 Å². The molecule has 2 saturated carbocycles. The molecule has 254 valence electrons. The number of hydrogen-bond acceptors (Lipinski definition) is 10. The summed E-state index contributed by atoms with van der Waals surface area (Å²) in [7, 11) is 9.03. The molecule has 2 aromatic carbocycles. The van der Waals surface area contributed by atoms with Gasteiger partial charge in [-0.15, -0.1) is 0 Å². The minimum atomic E-state index is -0.864. The molecule has 0 radical (unpaired) electrons. The van der Waals surface area contributed by atoms with Gasteiger partial charge < -0.3 is 39.3 Å². The molecule has 2 aliphatic heterocycles. The van der Waals surface area contributed by atoms with Crippen LogP contribution >= 0.6 is 0 Å². The highest BCUT2D eigenvalue weighted by Crippen LogP contribution is 2.60. The van der Waals surface area contributed by atoms with Crippen molar-refractivity contribution in [1.82, 2.24) is 9.80 Å². The van der Waals surface area contributed by atoms with Crippen LogP contribution in [0.25, 0.3) is 0 Å². The van der Waals surface area contributed by atoms with E-state index in [1.165, 1.54) is 0 Å². The number of benzene rings is 2. The molecule has 2 saturated heterocycles. The largest absolute Gasteiger partial charge is 0.504 e. The van der Waals surface area contributed by atoms with Gasteiger partial charge in [0.25, 0.3) is 0 Å². The molecule has 2 aromatic rings. The third-order valence-electron chi connectivity index (χ3n) is 13.0. The third-order valence-corrected chi connectivity index (χ3v) is 13.0. The standard InChI is InChI=1S/C19H25NO4.C18H23NO4/c1-20-7-6-19-10-14(21)16(24-3)9-12(19)13(20)8-11-4-5-15(23-2)18(22)17(11)19;1-19-6-5-18-9-14(21)13(20)8-11(18)12(19)7-10-3-4-15(23-2)17(22)16(10)18/h4-5,12-13,16,22H,6-10H2,1-3H3;3-4,11-13,20,22H,5-9H2,1-2H3/t12-,13?,16?,19-;11-,12?,13?,18-/m11/s1. The van der Waals surface area contributed by atoms with E-state index < -0.39 is 6.10 Å². The first kappa shape index (κ1) is 32.4. The first-order valence-electron chi connectivity index (χ1n) is 16.9. The number of ether oxygens (including phenoxy) is 3. The van der Waals surface area contributed by atoms with Crippen molar-refractivity contribution in [3.05, 3.63) is 46.5 Å².